The molecule has 3 aromatic rings. The molecule has 26 heavy (non-hydrogen) atoms. The molecule has 1 heterocycles. The van der Waals surface area contributed by atoms with Gasteiger partial charge in [0.25, 0.3) is 0 Å². The Bertz CT molecular complexity index is 874. The summed E-state index contributed by atoms with van der Waals surface area (Å²) in [4.78, 5) is 0. The molecule has 0 saturated carbocycles. The number of benzene rings is 2. The number of aryl methyl sites for hydroxylation is 1. The zero-order valence-electron chi connectivity index (χ0n) is 14.5. The number of ether oxygens (including phenoxy) is 1. The van der Waals surface area contributed by atoms with Gasteiger partial charge in [-0.15, -0.1) is 0 Å². The van der Waals surface area contributed by atoms with Gasteiger partial charge in [0.15, 0.2) is 0 Å². The number of anilines is 1. The Kier molecular flexibility index (Phi) is 4.86. The minimum Gasteiger partial charge on any atom is -0.489 e. The van der Waals surface area contributed by atoms with Crippen molar-refractivity contribution in [3.63, 3.8) is 0 Å². The number of nitrogens with one attached hydrogen (secondary N) is 1. The average Bonchev–Trinajstić information content (AvgIpc) is 3.10. The fraction of sp³-hybridized carbons (Fsp3) is 0.286. The van der Waals surface area contributed by atoms with Crippen molar-refractivity contribution in [2.24, 2.45) is 0 Å². The Morgan fingerprint density at radius 1 is 1.04 bits per heavy atom. The van der Waals surface area contributed by atoms with Crippen molar-refractivity contribution < 1.29 is 13.7 Å². The molecule has 134 valence electrons. The van der Waals surface area contributed by atoms with E-state index >= 15 is 0 Å². The maximum absolute atomic E-state index is 13.6. The molecular weight excluding hydrogens is 331 g/mol. The molecular formula is C21H21FN2O2. The van der Waals surface area contributed by atoms with Crippen molar-refractivity contribution >= 4 is 5.69 Å². The van der Waals surface area contributed by atoms with Gasteiger partial charge in [-0.1, -0.05) is 23.4 Å². The molecule has 2 aromatic carbocycles. The van der Waals surface area contributed by atoms with Gasteiger partial charge in [0.05, 0.1) is 6.54 Å². The molecule has 1 aliphatic carbocycles. The highest BCUT2D eigenvalue weighted by Gasteiger charge is 2.18. The Labute approximate surface area is 152 Å². The predicted molar refractivity (Wildman–Crippen MR) is 97.6 cm³/mol. The van der Waals surface area contributed by atoms with Crippen LogP contribution in [0.1, 0.15) is 35.4 Å². The van der Waals surface area contributed by atoms with Gasteiger partial charge in [-0.3, -0.25) is 0 Å². The van der Waals surface area contributed by atoms with Crippen LogP contribution in [0.5, 0.6) is 5.75 Å². The van der Waals surface area contributed by atoms with Crippen molar-refractivity contribution in [2.75, 3.05) is 5.32 Å². The van der Waals surface area contributed by atoms with Crippen LogP contribution in [-0.4, -0.2) is 5.16 Å². The Hall–Kier alpha value is -2.82. The van der Waals surface area contributed by atoms with Crippen molar-refractivity contribution in [3.8, 4) is 5.75 Å². The first-order valence-electron chi connectivity index (χ1n) is 8.96. The smallest absolute Gasteiger partial charge is 0.140 e. The van der Waals surface area contributed by atoms with Crippen LogP contribution < -0.4 is 10.1 Å². The molecule has 0 radical (unpaired) electrons. The number of halogens is 1. The summed E-state index contributed by atoms with van der Waals surface area (Å²) in [6.45, 7) is 0.860. The molecule has 1 aromatic heterocycles. The van der Waals surface area contributed by atoms with Crippen LogP contribution in [0, 0.1) is 5.82 Å². The Balaban J connectivity index is 1.33. The number of nitrogens with zero attached hydrogens (tertiary/aromatic N) is 1. The van der Waals surface area contributed by atoms with Gasteiger partial charge in [0, 0.05) is 23.2 Å². The summed E-state index contributed by atoms with van der Waals surface area (Å²) < 4.78 is 24.7. The van der Waals surface area contributed by atoms with Gasteiger partial charge < -0.3 is 14.6 Å². The molecule has 0 spiro atoms. The average molecular weight is 352 g/mol. The second-order valence-corrected chi connectivity index (χ2v) is 6.50. The minimum absolute atomic E-state index is 0.213. The molecule has 1 aliphatic rings. The van der Waals surface area contributed by atoms with Gasteiger partial charge in [-0.05, 0) is 49.6 Å². The third-order valence-electron chi connectivity index (χ3n) is 4.70. The lowest BCUT2D eigenvalue weighted by atomic mass is 9.96. The van der Waals surface area contributed by atoms with E-state index in [-0.39, 0.29) is 12.4 Å². The third kappa shape index (κ3) is 3.72. The highest BCUT2D eigenvalue weighted by atomic mass is 19.1. The third-order valence-corrected chi connectivity index (χ3v) is 4.70. The highest BCUT2D eigenvalue weighted by molar-refractivity contribution is 5.47. The highest BCUT2D eigenvalue weighted by Crippen LogP contribution is 2.25. The fourth-order valence-corrected chi connectivity index (χ4v) is 3.22. The number of rotatable bonds is 6. The summed E-state index contributed by atoms with van der Waals surface area (Å²) >= 11 is 0. The normalized spacial score (nSPS) is 13.3. The van der Waals surface area contributed by atoms with Gasteiger partial charge in [0.1, 0.15) is 29.6 Å². The zero-order valence-corrected chi connectivity index (χ0v) is 14.5. The summed E-state index contributed by atoms with van der Waals surface area (Å²) in [5.41, 5.74) is 3.80. The molecule has 0 bridgehead atoms. The molecule has 5 heteroatoms. The van der Waals surface area contributed by atoms with Crippen molar-refractivity contribution in [1.82, 2.24) is 5.16 Å². The first-order valence-corrected chi connectivity index (χ1v) is 8.96. The van der Waals surface area contributed by atoms with Crippen LogP contribution in [0.2, 0.25) is 0 Å². The predicted octanol–water partition coefficient (Wildman–Crippen LogP) is 4.88. The van der Waals surface area contributed by atoms with E-state index in [9.17, 15) is 4.39 Å². The van der Waals surface area contributed by atoms with Gasteiger partial charge >= 0.3 is 0 Å². The number of hydrogen-bond donors (Lipinski definition) is 1. The number of aromatic nitrogens is 1. The van der Waals surface area contributed by atoms with E-state index in [4.69, 9.17) is 9.26 Å². The molecule has 4 rings (SSSR count). The van der Waals surface area contributed by atoms with Crippen LogP contribution in [0.4, 0.5) is 10.1 Å². The first-order chi connectivity index (χ1) is 12.8. The molecule has 1 N–H and O–H groups in total. The second kappa shape index (κ2) is 7.60. The molecule has 0 saturated heterocycles. The van der Waals surface area contributed by atoms with Gasteiger partial charge in [0.2, 0.25) is 0 Å². The fourth-order valence-electron chi connectivity index (χ4n) is 3.22. The molecule has 0 unspecified atom stereocenters. The van der Waals surface area contributed by atoms with E-state index in [0.717, 1.165) is 30.0 Å². The van der Waals surface area contributed by atoms with Crippen LogP contribution in [0.15, 0.2) is 53.1 Å². The van der Waals surface area contributed by atoms with E-state index in [1.807, 2.05) is 24.3 Å². The molecule has 0 atom stereocenters. The first kappa shape index (κ1) is 16.6. The van der Waals surface area contributed by atoms with Crippen LogP contribution in [0.25, 0.3) is 0 Å². The van der Waals surface area contributed by atoms with E-state index in [1.165, 1.54) is 24.5 Å². The summed E-state index contributed by atoms with van der Waals surface area (Å²) in [6.07, 6.45) is 4.44. The van der Waals surface area contributed by atoms with Gasteiger partial charge in [-0.2, -0.15) is 0 Å². The standard InChI is InChI=1S/C21H21FN2O2/c22-19-7-3-1-5-15(19)14-25-17-11-9-16(10-12-17)23-13-20-18-6-2-4-8-21(18)26-24-20/h1,3,5,7,9-12,23H,2,4,6,8,13-14H2. The molecule has 0 amide bonds. The lowest BCUT2D eigenvalue weighted by Gasteiger charge is -2.11. The summed E-state index contributed by atoms with van der Waals surface area (Å²) in [7, 11) is 0. The molecule has 0 aliphatic heterocycles. The lowest BCUT2D eigenvalue weighted by molar-refractivity contribution is 0.300. The monoisotopic (exact) mass is 352 g/mol. The number of hydrogen-bond acceptors (Lipinski definition) is 4. The largest absolute Gasteiger partial charge is 0.489 e. The summed E-state index contributed by atoms with van der Waals surface area (Å²) in [5.74, 6) is 1.50. The maximum Gasteiger partial charge on any atom is 0.140 e. The van der Waals surface area contributed by atoms with Crippen LogP contribution in [0.3, 0.4) is 0 Å². The lowest BCUT2D eigenvalue weighted by Crippen LogP contribution is -2.06. The maximum atomic E-state index is 13.6. The zero-order chi connectivity index (χ0) is 17.8. The minimum atomic E-state index is -0.248. The summed E-state index contributed by atoms with van der Waals surface area (Å²) in [6, 6.07) is 14.3. The SMILES string of the molecule is Fc1ccccc1COc1ccc(NCc2noc3c2CCCC3)cc1. The van der Waals surface area contributed by atoms with Crippen LogP contribution >= 0.6 is 0 Å². The summed E-state index contributed by atoms with van der Waals surface area (Å²) in [5, 5.41) is 7.57. The molecule has 0 fully saturated rings. The Morgan fingerprint density at radius 3 is 2.69 bits per heavy atom. The second-order valence-electron chi connectivity index (χ2n) is 6.50. The number of fused-ring (bicyclic) bond motifs is 1. The molecule has 4 nitrogen and oxygen atoms in total. The van der Waals surface area contributed by atoms with E-state index in [2.05, 4.69) is 10.5 Å². The van der Waals surface area contributed by atoms with E-state index in [1.54, 1.807) is 18.2 Å². The van der Waals surface area contributed by atoms with Gasteiger partial charge in [-0.25, -0.2) is 4.39 Å². The van der Waals surface area contributed by atoms with Crippen molar-refractivity contribution in [2.45, 2.75) is 38.8 Å². The quantitative estimate of drug-likeness (QED) is 0.686. The van der Waals surface area contributed by atoms with Crippen molar-refractivity contribution in [1.29, 1.82) is 0 Å². The van der Waals surface area contributed by atoms with Crippen LogP contribution in [-0.2, 0) is 26.0 Å². The topological polar surface area (TPSA) is 47.3 Å². The van der Waals surface area contributed by atoms with E-state index in [0.29, 0.717) is 17.9 Å². The van der Waals surface area contributed by atoms with E-state index < -0.39 is 0 Å². The van der Waals surface area contributed by atoms with Crippen molar-refractivity contribution in [3.05, 3.63) is 76.9 Å². The Morgan fingerprint density at radius 2 is 1.85 bits per heavy atom.